The van der Waals surface area contributed by atoms with Crippen molar-refractivity contribution in [2.45, 2.75) is 0 Å². The summed E-state index contributed by atoms with van der Waals surface area (Å²) in [7, 11) is 0. The number of non-ortho nitro benzene ring substituents is 1. The number of rotatable bonds is 4. The first-order valence-electron chi connectivity index (χ1n) is 6.57. The number of ketones is 1. The van der Waals surface area contributed by atoms with Crippen LogP contribution in [0.25, 0.3) is 11.0 Å². The predicted octanol–water partition coefficient (Wildman–Crippen LogP) is 3.19. The maximum atomic E-state index is 12.4. The Kier molecular flexibility index (Phi) is 3.45. The zero-order valence-corrected chi connectivity index (χ0v) is 11.8. The van der Waals surface area contributed by atoms with E-state index in [0.717, 1.165) is 12.1 Å². The molecule has 1 heterocycles. The molecule has 1 N–H and O–H groups in total. The molecule has 3 aromatic rings. The van der Waals surface area contributed by atoms with E-state index >= 15 is 0 Å². The van der Waals surface area contributed by atoms with Crippen LogP contribution in [0.1, 0.15) is 16.1 Å². The molecule has 0 saturated heterocycles. The van der Waals surface area contributed by atoms with Crippen LogP contribution in [-0.2, 0) is 0 Å². The number of fused-ring (bicyclic) bond motifs is 1. The Morgan fingerprint density at radius 2 is 1.75 bits per heavy atom. The van der Waals surface area contributed by atoms with E-state index in [1.165, 1.54) is 30.3 Å². The highest BCUT2D eigenvalue weighted by atomic mass is 16.6. The average Bonchev–Trinajstić information content (AvgIpc) is 2.97. The molecule has 0 aliphatic heterocycles. The van der Waals surface area contributed by atoms with Gasteiger partial charge in [0.05, 0.1) is 9.85 Å². The van der Waals surface area contributed by atoms with Gasteiger partial charge in [-0.1, -0.05) is 0 Å². The van der Waals surface area contributed by atoms with Gasteiger partial charge in [0.1, 0.15) is 5.58 Å². The fraction of sp³-hybridized carbons (Fsp3) is 0. The molecular formula is C15H8N2O7. The standard InChI is InChI=1S/C15H8N2O7/c18-12-3-1-8(6-11(12)17(22)23)15(19)14-7-9-5-10(16(20)21)2-4-13(9)24-14/h1-7,18H. The first kappa shape index (κ1) is 15.2. The van der Waals surface area contributed by atoms with Crippen LogP contribution in [0.15, 0.2) is 46.9 Å². The first-order valence-corrected chi connectivity index (χ1v) is 6.57. The van der Waals surface area contributed by atoms with E-state index in [1.807, 2.05) is 0 Å². The minimum atomic E-state index is -0.811. The summed E-state index contributed by atoms with van der Waals surface area (Å²) >= 11 is 0. The molecule has 0 unspecified atom stereocenters. The van der Waals surface area contributed by atoms with Crippen LogP contribution in [0.2, 0.25) is 0 Å². The number of phenolic OH excluding ortho intramolecular Hbond substituents is 1. The molecule has 0 radical (unpaired) electrons. The van der Waals surface area contributed by atoms with Crippen LogP contribution >= 0.6 is 0 Å². The highest BCUT2D eigenvalue weighted by Crippen LogP contribution is 2.29. The summed E-state index contributed by atoms with van der Waals surface area (Å²) in [5.74, 6) is -1.32. The molecule has 9 nitrogen and oxygen atoms in total. The number of nitro benzene ring substituents is 2. The number of carbonyl (C=O) groups is 1. The number of benzene rings is 2. The zero-order valence-electron chi connectivity index (χ0n) is 11.8. The lowest BCUT2D eigenvalue weighted by molar-refractivity contribution is -0.385. The van der Waals surface area contributed by atoms with Crippen LogP contribution in [0.3, 0.4) is 0 Å². The van der Waals surface area contributed by atoms with Crippen LogP contribution < -0.4 is 0 Å². The fourth-order valence-corrected chi connectivity index (χ4v) is 2.21. The van der Waals surface area contributed by atoms with Crippen LogP contribution in [0.5, 0.6) is 5.75 Å². The summed E-state index contributed by atoms with van der Waals surface area (Å²) in [6.07, 6.45) is 0. The summed E-state index contributed by atoms with van der Waals surface area (Å²) in [4.78, 5) is 32.6. The van der Waals surface area contributed by atoms with Crippen molar-refractivity contribution in [2.24, 2.45) is 0 Å². The number of nitrogens with zero attached hydrogens (tertiary/aromatic N) is 2. The second-order valence-electron chi connectivity index (χ2n) is 4.88. The fourth-order valence-electron chi connectivity index (χ4n) is 2.21. The molecule has 9 heteroatoms. The van der Waals surface area contributed by atoms with Gasteiger partial charge in [0.25, 0.3) is 5.69 Å². The van der Waals surface area contributed by atoms with E-state index in [2.05, 4.69) is 0 Å². The van der Waals surface area contributed by atoms with Gasteiger partial charge in [0.2, 0.25) is 5.78 Å². The molecule has 0 aliphatic carbocycles. The maximum Gasteiger partial charge on any atom is 0.311 e. The molecule has 3 rings (SSSR count). The highest BCUT2D eigenvalue weighted by molar-refractivity contribution is 6.09. The minimum Gasteiger partial charge on any atom is -0.502 e. The lowest BCUT2D eigenvalue weighted by Crippen LogP contribution is -2.00. The summed E-state index contributed by atoms with van der Waals surface area (Å²) in [5, 5.41) is 31.4. The third-order valence-corrected chi connectivity index (χ3v) is 3.37. The molecular weight excluding hydrogens is 320 g/mol. The summed E-state index contributed by atoms with van der Waals surface area (Å²) in [6, 6.07) is 8.39. The molecule has 0 fully saturated rings. The Labute approximate surface area is 133 Å². The molecule has 0 amide bonds. The largest absolute Gasteiger partial charge is 0.502 e. The topological polar surface area (TPSA) is 137 Å². The van der Waals surface area contributed by atoms with Crippen molar-refractivity contribution in [3.8, 4) is 5.75 Å². The normalized spacial score (nSPS) is 10.7. The Balaban J connectivity index is 2.04. The van der Waals surface area contributed by atoms with E-state index in [9.17, 15) is 30.1 Å². The van der Waals surface area contributed by atoms with Gasteiger partial charge in [0, 0.05) is 29.1 Å². The third kappa shape index (κ3) is 2.54. The molecule has 24 heavy (non-hydrogen) atoms. The van der Waals surface area contributed by atoms with Crippen LogP contribution in [0, 0.1) is 20.2 Å². The highest BCUT2D eigenvalue weighted by Gasteiger charge is 2.21. The van der Waals surface area contributed by atoms with Crippen LogP contribution in [-0.4, -0.2) is 20.7 Å². The molecule has 1 aromatic heterocycles. The van der Waals surface area contributed by atoms with Gasteiger partial charge in [-0.2, -0.15) is 0 Å². The van der Waals surface area contributed by atoms with Gasteiger partial charge in [-0.25, -0.2) is 0 Å². The predicted molar refractivity (Wildman–Crippen MR) is 81.1 cm³/mol. The average molecular weight is 328 g/mol. The smallest absolute Gasteiger partial charge is 0.311 e. The SMILES string of the molecule is O=C(c1ccc(O)c([N+](=O)[O-])c1)c1cc2cc([N+](=O)[O-])ccc2o1. The van der Waals surface area contributed by atoms with E-state index in [4.69, 9.17) is 4.42 Å². The van der Waals surface area contributed by atoms with Crippen molar-refractivity contribution in [3.63, 3.8) is 0 Å². The first-order chi connectivity index (χ1) is 11.4. The number of hydrogen-bond donors (Lipinski definition) is 1. The number of furan rings is 1. The van der Waals surface area contributed by atoms with Crippen molar-refractivity contribution in [3.05, 3.63) is 74.0 Å². The third-order valence-electron chi connectivity index (χ3n) is 3.37. The summed E-state index contributed by atoms with van der Waals surface area (Å²) in [5.41, 5.74) is -0.527. The number of phenols is 1. The molecule has 0 spiro atoms. The van der Waals surface area contributed by atoms with Crippen molar-refractivity contribution in [2.75, 3.05) is 0 Å². The monoisotopic (exact) mass is 328 g/mol. The maximum absolute atomic E-state index is 12.4. The van der Waals surface area contributed by atoms with Crippen molar-refractivity contribution in [1.29, 1.82) is 0 Å². The number of carbonyl (C=O) groups excluding carboxylic acids is 1. The second-order valence-corrected chi connectivity index (χ2v) is 4.88. The van der Waals surface area contributed by atoms with E-state index in [0.29, 0.717) is 5.39 Å². The zero-order chi connectivity index (χ0) is 17.4. The quantitative estimate of drug-likeness (QED) is 0.441. The van der Waals surface area contributed by atoms with Crippen molar-refractivity contribution >= 4 is 28.1 Å². The van der Waals surface area contributed by atoms with Crippen molar-refractivity contribution < 1.29 is 24.2 Å². The van der Waals surface area contributed by atoms with Gasteiger partial charge in [-0.3, -0.25) is 25.0 Å². The number of aromatic hydroxyl groups is 1. The van der Waals surface area contributed by atoms with Crippen molar-refractivity contribution in [1.82, 2.24) is 0 Å². The van der Waals surface area contributed by atoms with Gasteiger partial charge in [-0.05, 0) is 24.3 Å². The van der Waals surface area contributed by atoms with E-state index in [1.54, 1.807) is 0 Å². The number of hydrogen-bond acceptors (Lipinski definition) is 7. The van der Waals surface area contributed by atoms with Gasteiger partial charge in [-0.15, -0.1) is 0 Å². The molecule has 0 atom stereocenters. The Bertz CT molecular complexity index is 1010. The molecule has 0 bridgehead atoms. The van der Waals surface area contributed by atoms with E-state index in [-0.39, 0.29) is 22.6 Å². The van der Waals surface area contributed by atoms with Gasteiger partial charge >= 0.3 is 5.69 Å². The Hall–Kier alpha value is -3.75. The lowest BCUT2D eigenvalue weighted by Gasteiger charge is -1.99. The minimum absolute atomic E-state index is 0.0481. The summed E-state index contributed by atoms with van der Waals surface area (Å²) in [6.45, 7) is 0. The van der Waals surface area contributed by atoms with Crippen LogP contribution in [0.4, 0.5) is 11.4 Å². The summed E-state index contributed by atoms with van der Waals surface area (Å²) < 4.78 is 5.35. The molecule has 0 aliphatic rings. The number of nitro groups is 2. The second kappa shape index (κ2) is 5.47. The molecule has 120 valence electrons. The van der Waals surface area contributed by atoms with E-state index < -0.39 is 27.1 Å². The molecule has 0 saturated carbocycles. The van der Waals surface area contributed by atoms with Gasteiger partial charge < -0.3 is 9.52 Å². The Morgan fingerprint density at radius 1 is 1.00 bits per heavy atom. The lowest BCUT2D eigenvalue weighted by atomic mass is 10.1. The Morgan fingerprint density at radius 3 is 2.42 bits per heavy atom. The van der Waals surface area contributed by atoms with Gasteiger partial charge in [0.15, 0.2) is 11.5 Å². The molecule has 2 aromatic carbocycles.